The fourth-order valence-corrected chi connectivity index (χ4v) is 8.87. The first-order chi connectivity index (χ1) is 19.1. The second-order valence-electron chi connectivity index (χ2n) is 13.8. The number of aliphatic hydroxyl groups excluding tert-OH is 1. The van der Waals surface area contributed by atoms with Gasteiger partial charge in [0.1, 0.15) is 11.9 Å². The Balaban J connectivity index is 1.50. The smallest absolute Gasteiger partial charge is 0.316 e. The lowest BCUT2D eigenvalue weighted by molar-refractivity contribution is -0.205. The maximum atomic E-state index is 13.6. The highest BCUT2D eigenvalue weighted by molar-refractivity contribution is 8.01. The molecule has 6 nitrogen and oxygen atoms in total. The Kier molecular flexibility index (Phi) is 9.15. The Morgan fingerprint density at radius 3 is 2.51 bits per heavy atom. The first kappa shape index (κ1) is 32.1. The molecule has 4 rings (SSSR count). The molecule has 3 saturated carbocycles. The van der Waals surface area contributed by atoms with Crippen LogP contribution in [0.4, 0.5) is 0 Å². The molecule has 0 heterocycles. The average molecular weight is 604 g/mol. The zero-order chi connectivity index (χ0) is 30.4. The summed E-state index contributed by atoms with van der Waals surface area (Å²) in [7, 11) is 0. The fourth-order valence-electron chi connectivity index (χ4n) is 8.00. The molecule has 3 aliphatic carbocycles. The van der Waals surface area contributed by atoms with Gasteiger partial charge in [-0.25, -0.2) is 0 Å². The van der Waals surface area contributed by atoms with E-state index in [1.165, 1.54) is 11.8 Å². The van der Waals surface area contributed by atoms with Crippen LogP contribution in [0.5, 0.6) is 0 Å². The SMILES string of the molecule is C=C[C@]1(C)C[C@@H](OC(=O)CSC(C)(C)CNC(=O)c2ccc(Cl)cc2)[C@]2(C)[C@H](C)CC[C@]3(CCC(=O)[C@H]32)[C@@H](C)[C@@H]1O. The third kappa shape index (κ3) is 5.88. The minimum atomic E-state index is -0.690. The van der Waals surface area contributed by atoms with E-state index in [9.17, 15) is 19.5 Å². The Bertz CT molecular complexity index is 1190. The number of hydrogen-bond donors (Lipinski definition) is 2. The number of nitrogens with one attached hydrogen (secondary N) is 1. The van der Waals surface area contributed by atoms with Crippen LogP contribution < -0.4 is 5.32 Å². The summed E-state index contributed by atoms with van der Waals surface area (Å²) in [4.78, 5) is 39.6. The van der Waals surface area contributed by atoms with Gasteiger partial charge in [-0.05, 0) is 81.0 Å². The van der Waals surface area contributed by atoms with Gasteiger partial charge in [0, 0.05) is 45.0 Å². The summed E-state index contributed by atoms with van der Waals surface area (Å²) in [6.07, 6.45) is 4.13. The van der Waals surface area contributed by atoms with Crippen LogP contribution in [-0.2, 0) is 14.3 Å². The number of benzene rings is 1. The molecule has 1 amide bonds. The molecule has 0 aliphatic heterocycles. The number of esters is 1. The van der Waals surface area contributed by atoms with Crippen molar-refractivity contribution < 1.29 is 24.2 Å². The molecule has 0 saturated heterocycles. The standard InChI is InChI=1S/C33H46ClNO5S/c1-8-31(6)17-25(32(7)20(2)13-15-33(21(3)28(31)38)16-14-24(36)27(32)33)40-26(37)18-41-30(4,5)19-35-29(39)22-9-11-23(34)12-10-22/h8-12,20-21,25,27-28,38H,1,13-19H2,2-7H3,(H,35,39)/t20-,21+,25-,27+,28+,31-,32+,33+/m1/s1. The number of Topliss-reactive ketones (excluding diaryl/α,β-unsaturated/α-hetero) is 1. The van der Waals surface area contributed by atoms with E-state index in [0.29, 0.717) is 30.0 Å². The van der Waals surface area contributed by atoms with Crippen molar-refractivity contribution >= 4 is 41.0 Å². The first-order valence-electron chi connectivity index (χ1n) is 14.8. The molecule has 3 aliphatic rings. The number of carbonyl (C=O) groups excluding carboxylic acids is 3. The Morgan fingerprint density at radius 1 is 1.22 bits per heavy atom. The third-order valence-corrected chi connectivity index (χ3v) is 12.5. The minimum absolute atomic E-state index is 0.0649. The number of amides is 1. The van der Waals surface area contributed by atoms with Gasteiger partial charge in [-0.2, -0.15) is 0 Å². The van der Waals surface area contributed by atoms with E-state index in [2.05, 4.69) is 32.7 Å². The predicted octanol–water partition coefficient (Wildman–Crippen LogP) is 6.49. The van der Waals surface area contributed by atoms with E-state index in [0.717, 1.165) is 19.3 Å². The van der Waals surface area contributed by atoms with Crippen molar-refractivity contribution in [1.29, 1.82) is 0 Å². The highest BCUT2D eigenvalue weighted by Crippen LogP contribution is 2.68. The lowest BCUT2D eigenvalue weighted by Crippen LogP contribution is -2.63. The van der Waals surface area contributed by atoms with E-state index in [-0.39, 0.29) is 46.6 Å². The maximum Gasteiger partial charge on any atom is 0.316 e. The molecule has 2 N–H and O–H groups in total. The molecule has 8 atom stereocenters. The van der Waals surface area contributed by atoms with E-state index in [1.54, 1.807) is 24.3 Å². The van der Waals surface area contributed by atoms with Gasteiger partial charge in [0.2, 0.25) is 0 Å². The normalized spacial score (nSPS) is 37.0. The van der Waals surface area contributed by atoms with Crippen molar-refractivity contribution in [1.82, 2.24) is 5.32 Å². The molecule has 1 aromatic carbocycles. The number of aliphatic hydroxyl groups is 1. The van der Waals surface area contributed by atoms with E-state index in [4.69, 9.17) is 16.3 Å². The van der Waals surface area contributed by atoms with Crippen LogP contribution in [0.15, 0.2) is 36.9 Å². The van der Waals surface area contributed by atoms with Gasteiger partial charge >= 0.3 is 5.97 Å². The van der Waals surface area contributed by atoms with Crippen molar-refractivity contribution in [3.63, 3.8) is 0 Å². The zero-order valence-corrected chi connectivity index (χ0v) is 26.9. The van der Waals surface area contributed by atoms with E-state index < -0.39 is 27.8 Å². The van der Waals surface area contributed by atoms with Crippen molar-refractivity contribution in [2.24, 2.45) is 34.0 Å². The summed E-state index contributed by atoms with van der Waals surface area (Å²) >= 11 is 7.35. The number of hydrogen-bond acceptors (Lipinski definition) is 6. The number of thioether (sulfide) groups is 1. The monoisotopic (exact) mass is 603 g/mol. The number of halogens is 1. The van der Waals surface area contributed by atoms with E-state index >= 15 is 0 Å². The van der Waals surface area contributed by atoms with Crippen LogP contribution in [0.1, 0.15) is 84.0 Å². The van der Waals surface area contributed by atoms with Crippen LogP contribution >= 0.6 is 23.4 Å². The third-order valence-electron chi connectivity index (χ3n) is 10.9. The number of ether oxygens (including phenoxy) is 1. The second-order valence-corrected chi connectivity index (χ2v) is 15.9. The summed E-state index contributed by atoms with van der Waals surface area (Å²) < 4.78 is 5.92. The van der Waals surface area contributed by atoms with Crippen molar-refractivity contribution in [2.45, 2.75) is 90.6 Å². The highest BCUT2D eigenvalue weighted by Gasteiger charge is 2.68. The van der Waals surface area contributed by atoms with Gasteiger partial charge in [-0.1, -0.05) is 45.4 Å². The molecule has 0 radical (unpaired) electrons. The summed E-state index contributed by atoms with van der Waals surface area (Å²) in [6.45, 7) is 16.8. The lowest BCUT2D eigenvalue weighted by atomic mass is 9.44. The van der Waals surface area contributed by atoms with Crippen molar-refractivity contribution in [3.05, 3.63) is 47.5 Å². The Labute approximate surface area is 254 Å². The number of rotatable bonds is 8. The lowest BCUT2D eigenvalue weighted by Gasteiger charge is -2.61. The molecule has 3 fully saturated rings. The van der Waals surface area contributed by atoms with Crippen molar-refractivity contribution in [3.8, 4) is 0 Å². The Hall–Kier alpha value is -1.83. The largest absolute Gasteiger partial charge is 0.461 e. The molecule has 226 valence electrons. The van der Waals surface area contributed by atoms with Crippen molar-refractivity contribution in [2.75, 3.05) is 12.3 Å². The topological polar surface area (TPSA) is 92.7 Å². The molecular weight excluding hydrogens is 558 g/mol. The quantitative estimate of drug-likeness (QED) is 0.261. The zero-order valence-electron chi connectivity index (χ0n) is 25.3. The van der Waals surface area contributed by atoms with Crippen LogP contribution in [0, 0.1) is 34.0 Å². The highest BCUT2D eigenvalue weighted by atomic mass is 35.5. The van der Waals surface area contributed by atoms with Gasteiger partial charge in [0.25, 0.3) is 5.91 Å². The van der Waals surface area contributed by atoms with Gasteiger partial charge in [0.15, 0.2) is 0 Å². The molecule has 1 aromatic rings. The fraction of sp³-hybridized carbons (Fsp3) is 0.667. The van der Waals surface area contributed by atoms with Gasteiger partial charge in [-0.3, -0.25) is 14.4 Å². The average Bonchev–Trinajstić information content (AvgIpc) is 3.29. The molecule has 41 heavy (non-hydrogen) atoms. The van der Waals surface area contributed by atoms with Gasteiger partial charge < -0.3 is 15.2 Å². The molecule has 8 heteroatoms. The summed E-state index contributed by atoms with van der Waals surface area (Å²) in [5, 5.41) is 15.2. The summed E-state index contributed by atoms with van der Waals surface area (Å²) in [5.74, 6) is -0.322. The van der Waals surface area contributed by atoms with Crippen LogP contribution in [0.2, 0.25) is 5.02 Å². The molecule has 0 unspecified atom stereocenters. The molecule has 2 bridgehead atoms. The van der Waals surface area contributed by atoms with Crippen LogP contribution in [0.3, 0.4) is 0 Å². The van der Waals surface area contributed by atoms with Crippen LogP contribution in [-0.4, -0.2) is 52.0 Å². The number of ketones is 1. The Morgan fingerprint density at radius 2 is 1.88 bits per heavy atom. The van der Waals surface area contributed by atoms with E-state index in [1.807, 2.05) is 26.8 Å². The molecule has 0 aromatic heterocycles. The number of carbonyl (C=O) groups is 3. The minimum Gasteiger partial charge on any atom is -0.461 e. The van der Waals surface area contributed by atoms with Gasteiger partial charge in [-0.15, -0.1) is 18.3 Å². The first-order valence-corrected chi connectivity index (χ1v) is 16.2. The maximum absolute atomic E-state index is 13.6. The second kappa shape index (κ2) is 11.7. The molecular formula is C33H46ClNO5S. The van der Waals surface area contributed by atoms with Gasteiger partial charge in [0.05, 0.1) is 11.9 Å². The van der Waals surface area contributed by atoms with Crippen LogP contribution in [0.25, 0.3) is 0 Å². The molecule has 0 spiro atoms. The predicted molar refractivity (Wildman–Crippen MR) is 165 cm³/mol. The summed E-state index contributed by atoms with van der Waals surface area (Å²) in [6, 6.07) is 6.70. The summed E-state index contributed by atoms with van der Waals surface area (Å²) in [5.41, 5.74) is -0.975.